The number of benzene rings is 3. The molecule has 1 aromatic heterocycles. The van der Waals surface area contributed by atoms with Crippen molar-refractivity contribution in [2.45, 2.75) is 113 Å². The number of rotatable bonds is 11. The molecule has 1 spiro atoms. The zero-order chi connectivity index (χ0) is 35.4. The van der Waals surface area contributed by atoms with Crippen molar-refractivity contribution in [2.75, 3.05) is 6.54 Å². The van der Waals surface area contributed by atoms with Crippen LogP contribution in [0, 0.1) is 0 Å². The van der Waals surface area contributed by atoms with E-state index in [1.807, 2.05) is 36.4 Å². The number of carbonyl (C=O) groups is 1. The number of ether oxygens (including phenoxy) is 1. The monoisotopic (exact) mass is 751 g/mol. The second-order valence-electron chi connectivity index (χ2n) is 14.9. The molecule has 51 heavy (non-hydrogen) atoms. The lowest BCUT2D eigenvalue weighted by atomic mass is 9.81. The predicted molar refractivity (Wildman–Crippen MR) is 206 cm³/mol. The van der Waals surface area contributed by atoms with Crippen LogP contribution in [-0.2, 0) is 12.8 Å². The largest absolute Gasteiger partial charge is 0.487 e. The fourth-order valence-electron chi connectivity index (χ4n) is 8.66. The van der Waals surface area contributed by atoms with Crippen LogP contribution in [0.3, 0.4) is 0 Å². The van der Waals surface area contributed by atoms with Gasteiger partial charge >= 0.3 is 0 Å². The van der Waals surface area contributed by atoms with Crippen LogP contribution < -0.4 is 20.9 Å². The third kappa shape index (κ3) is 8.19. The van der Waals surface area contributed by atoms with Gasteiger partial charge in [-0.05, 0) is 108 Å². The summed E-state index contributed by atoms with van der Waals surface area (Å²) in [6.45, 7) is 2.47. The van der Waals surface area contributed by atoms with Gasteiger partial charge in [0, 0.05) is 36.8 Å². The molecule has 3 aromatic carbocycles. The maximum atomic E-state index is 14.0. The lowest BCUT2D eigenvalue weighted by molar-refractivity contribution is 0.0326. The molecule has 5 atom stereocenters. The topological polar surface area (TPSA) is 92.6 Å². The number of amides is 1. The molecule has 2 heterocycles. The smallest absolute Gasteiger partial charge is 0.265 e. The number of aryl methyl sites for hydroxylation is 1. The first-order chi connectivity index (χ1) is 24.8. The van der Waals surface area contributed by atoms with Crippen molar-refractivity contribution in [2.24, 2.45) is 0 Å². The minimum atomic E-state index is -0.867. The molecule has 7 rings (SSSR count). The Morgan fingerprint density at radius 1 is 0.980 bits per heavy atom. The van der Waals surface area contributed by atoms with Gasteiger partial charge in [-0.2, -0.15) is 0 Å². The highest BCUT2D eigenvalue weighted by Crippen LogP contribution is 2.47. The zero-order valence-corrected chi connectivity index (χ0v) is 31.1. The van der Waals surface area contributed by atoms with Gasteiger partial charge < -0.3 is 25.0 Å². The van der Waals surface area contributed by atoms with Crippen molar-refractivity contribution in [1.29, 1.82) is 0 Å². The standard InChI is InChI=1S/C43H50BrN3O4/c1-2-29-18-19-40-35(22-29)38(26-43(51-40)20-9-10-21-43)45-27-39(48)37(23-30-12-5-3-6-13-30)46-41(49)33-25-36(44)42(50)47(28-33)34-17-11-16-32(24-34)31-14-7-4-8-15-31/h3-8,12-15,18-19,22,25,28,32,34,37-39,45,48H,2,9-11,16-17,20-21,23-24,26-27H2,1H3,(H,46,49)/t32?,34?,37-,38?,39+/m0/s1. The molecule has 3 aliphatic rings. The Kier molecular flexibility index (Phi) is 11.1. The molecule has 2 aliphatic carbocycles. The summed E-state index contributed by atoms with van der Waals surface area (Å²) in [7, 11) is 0. The maximum absolute atomic E-state index is 14.0. The molecule has 3 unspecified atom stereocenters. The quantitative estimate of drug-likeness (QED) is 0.144. The summed E-state index contributed by atoms with van der Waals surface area (Å²) in [5, 5.41) is 18.7. The summed E-state index contributed by atoms with van der Waals surface area (Å²) in [5.41, 5.74) is 4.83. The average molecular weight is 753 g/mol. The van der Waals surface area contributed by atoms with Crippen molar-refractivity contribution < 1.29 is 14.6 Å². The van der Waals surface area contributed by atoms with Crippen molar-refractivity contribution in [3.63, 3.8) is 0 Å². The van der Waals surface area contributed by atoms with E-state index in [1.54, 1.807) is 16.8 Å². The molecule has 1 aliphatic heterocycles. The highest BCUT2D eigenvalue weighted by atomic mass is 79.9. The minimum Gasteiger partial charge on any atom is -0.487 e. The Morgan fingerprint density at radius 3 is 2.47 bits per heavy atom. The lowest BCUT2D eigenvalue weighted by Gasteiger charge is -2.41. The third-order valence-electron chi connectivity index (χ3n) is 11.5. The molecule has 3 N–H and O–H groups in total. The number of aliphatic hydroxyl groups excluding tert-OH is 1. The second kappa shape index (κ2) is 15.9. The van der Waals surface area contributed by atoms with Gasteiger partial charge in [0.25, 0.3) is 11.5 Å². The van der Waals surface area contributed by atoms with Crippen LogP contribution in [0.15, 0.2) is 100 Å². The van der Waals surface area contributed by atoms with E-state index >= 15 is 0 Å². The molecule has 1 amide bonds. The van der Waals surface area contributed by atoms with E-state index in [0.29, 0.717) is 28.9 Å². The summed E-state index contributed by atoms with van der Waals surface area (Å²) < 4.78 is 8.78. The van der Waals surface area contributed by atoms with Gasteiger partial charge in [-0.1, -0.05) is 86.1 Å². The molecule has 7 nitrogen and oxygen atoms in total. The van der Waals surface area contributed by atoms with E-state index in [9.17, 15) is 14.7 Å². The Morgan fingerprint density at radius 2 is 1.73 bits per heavy atom. The van der Waals surface area contributed by atoms with Crippen LogP contribution in [0.2, 0.25) is 0 Å². The molecule has 268 valence electrons. The Hall–Kier alpha value is -3.72. The summed E-state index contributed by atoms with van der Waals surface area (Å²) in [4.78, 5) is 27.5. The van der Waals surface area contributed by atoms with E-state index in [1.165, 1.54) is 24.0 Å². The summed E-state index contributed by atoms with van der Waals surface area (Å²) >= 11 is 3.48. The van der Waals surface area contributed by atoms with Gasteiger partial charge in [0.1, 0.15) is 11.4 Å². The van der Waals surface area contributed by atoms with Crippen molar-refractivity contribution in [3.8, 4) is 5.75 Å². The SMILES string of the molecule is CCc1ccc2c(c1)C(NC[C@@H](O)[C@H](Cc1ccccc1)NC(=O)c1cc(Br)c(=O)n(C3CCCC(c4ccccc4)C3)c1)CC1(CCCC1)O2. The first-order valence-electron chi connectivity index (χ1n) is 18.9. The number of hydrogen-bond donors (Lipinski definition) is 3. The molecule has 8 heteroatoms. The van der Waals surface area contributed by atoms with Crippen LogP contribution in [0.1, 0.15) is 115 Å². The fourth-order valence-corrected chi connectivity index (χ4v) is 9.11. The number of hydrogen-bond acceptors (Lipinski definition) is 5. The number of aliphatic hydroxyl groups is 1. The highest BCUT2D eigenvalue weighted by Gasteiger charge is 2.43. The van der Waals surface area contributed by atoms with E-state index in [4.69, 9.17) is 4.74 Å². The van der Waals surface area contributed by atoms with Crippen molar-refractivity contribution in [3.05, 3.63) is 134 Å². The van der Waals surface area contributed by atoms with Crippen LogP contribution in [0.4, 0.5) is 0 Å². The van der Waals surface area contributed by atoms with Crippen LogP contribution in [-0.4, -0.2) is 39.9 Å². The van der Waals surface area contributed by atoms with Gasteiger partial charge in [0.2, 0.25) is 0 Å². The predicted octanol–water partition coefficient (Wildman–Crippen LogP) is 8.20. The summed E-state index contributed by atoms with van der Waals surface area (Å²) in [6.07, 6.45) is 11.4. The number of aromatic nitrogens is 1. The lowest BCUT2D eigenvalue weighted by Crippen LogP contribution is -2.50. The normalized spacial score (nSPS) is 22.1. The van der Waals surface area contributed by atoms with E-state index in [2.05, 4.69) is 76.0 Å². The number of pyridine rings is 1. The molecule has 2 saturated carbocycles. The second-order valence-corrected chi connectivity index (χ2v) is 15.8. The van der Waals surface area contributed by atoms with Gasteiger partial charge in [-0.15, -0.1) is 0 Å². The minimum absolute atomic E-state index is 0.00542. The van der Waals surface area contributed by atoms with Crippen LogP contribution in [0.25, 0.3) is 0 Å². The molecule has 0 radical (unpaired) electrons. The van der Waals surface area contributed by atoms with Gasteiger partial charge in [0.15, 0.2) is 0 Å². The average Bonchev–Trinajstić information content (AvgIpc) is 3.62. The van der Waals surface area contributed by atoms with Gasteiger partial charge in [-0.25, -0.2) is 0 Å². The molecule has 0 bridgehead atoms. The Bertz CT molecular complexity index is 1860. The molecular weight excluding hydrogens is 702 g/mol. The zero-order valence-electron chi connectivity index (χ0n) is 29.5. The highest BCUT2D eigenvalue weighted by molar-refractivity contribution is 9.10. The molecular formula is C43H50BrN3O4. The number of halogens is 1. The van der Waals surface area contributed by atoms with E-state index in [0.717, 1.165) is 68.2 Å². The number of nitrogens with one attached hydrogen (secondary N) is 2. The Labute approximate surface area is 310 Å². The Balaban J connectivity index is 1.10. The first-order valence-corrected chi connectivity index (χ1v) is 19.6. The molecule has 0 saturated heterocycles. The number of carbonyl (C=O) groups excluding carboxylic acids is 1. The van der Waals surface area contributed by atoms with E-state index in [-0.39, 0.29) is 29.2 Å². The van der Waals surface area contributed by atoms with Crippen molar-refractivity contribution >= 4 is 21.8 Å². The van der Waals surface area contributed by atoms with Crippen LogP contribution in [0.5, 0.6) is 5.75 Å². The number of nitrogens with zero attached hydrogens (tertiary/aromatic N) is 1. The summed E-state index contributed by atoms with van der Waals surface area (Å²) in [5.74, 6) is 0.995. The first kappa shape index (κ1) is 35.7. The maximum Gasteiger partial charge on any atom is 0.265 e. The van der Waals surface area contributed by atoms with Gasteiger partial charge in [-0.3, -0.25) is 9.59 Å². The molecule has 2 fully saturated rings. The summed E-state index contributed by atoms with van der Waals surface area (Å²) in [6, 6.07) is 28.1. The fraction of sp³-hybridized carbons (Fsp3) is 0.442. The van der Waals surface area contributed by atoms with Crippen LogP contribution >= 0.6 is 15.9 Å². The van der Waals surface area contributed by atoms with Gasteiger partial charge in [0.05, 0.1) is 22.2 Å². The van der Waals surface area contributed by atoms with Crippen molar-refractivity contribution in [1.82, 2.24) is 15.2 Å². The molecule has 4 aromatic rings. The number of fused-ring (bicyclic) bond motifs is 1. The van der Waals surface area contributed by atoms with E-state index < -0.39 is 12.1 Å². The third-order valence-corrected chi connectivity index (χ3v) is 12.1.